The first-order chi connectivity index (χ1) is 14.9. The second-order valence-corrected chi connectivity index (χ2v) is 7.29. The van der Waals surface area contributed by atoms with E-state index in [1.807, 2.05) is 35.2 Å². The van der Waals surface area contributed by atoms with Crippen molar-refractivity contribution in [3.05, 3.63) is 65.9 Å². The number of ether oxygens (including phenoxy) is 1. The topological polar surface area (TPSA) is 45.7 Å². The highest BCUT2D eigenvalue weighted by atomic mass is 19.4. The number of hydrogen-bond acceptors (Lipinski definition) is 5. The molecule has 0 aliphatic carbocycles. The molecule has 3 aromatic rings. The van der Waals surface area contributed by atoms with Gasteiger partial charge in [0.1, 0.15) is 5.69 Å². The van der Waals surface area contributed by atoms with Crippen molar-refractivity contribution in [2.45, 2.75) is 13.1 Å². The molecule has 2 heterocycles. The molecular formula is C23H22F3N3O2. The number of esters is 1. The number of fused-ring (bicyclic) bond motifs is 1. The van der Waals surface area contributed by atoms with Gasteiger partial charge < -0.3 is 14.5 Å². The van der Waals surface area contributed by atoms with Gasteiger partial charge in [-0.05, 0) is 43.3 Å². The zero-order valence-electron chi connectivity index (χ0n) is 17.0. The SMILES string of the molecule is CCOC(=O)c1ccc2nc(C(F)(F)F)cc(N3CCN(c4ccccc4)CC3)c2c1. The van der Waals surface area contributed by atoms with Crippen LogP contribution in [0, 0.1) is 0 Å². The molecular weight excluding hydrogens is 407 g/mol. The average Bonchev–Trinajstić information content (AvgIpc) is 2.78. The van der Waals surface area contributed by atoms with Gasteiger partial charge in [0, 0.05) is 42.9 Å². The summed E-state index contributed by atoms with van der Waals surface area (Å²) in [6.07, 6.45) is -4.56. The summed E-state index contributed by atoms with van der Waals surface area (Å²) in [5.41, 5.74) is 1.06. The number of hydrogen-bond donors (Lipinski definition) is 0. The minimum Gasteiger partial charge on any atom is -0.462 e. The summed E-state index contributed by atoms with van der Waals surface area (Å²) in [7, 11) is 0. The Labute approximate surface area is 178 Å². The summed E-state index contributed by atoms with van der Waals surface area (Å²) in [5.74, 6) is -0.510. The molecule has 1 fully saturated rings. The number of halogens is 3. The van der Waals surface area contributed by atoms with Crippen molar-refractivity contribution >= 4 is 28.2 Å². The molecule has 0 spiro atoms. The molecule has 31 heavy (non-hydrogen) atoms. The van der Waals surface area contributed by atoms with Crippen LogP contribution in [0.4, 0.5) is 24.5 Å². The number of para-hydroxylation sites is 1. The third kappa shape index (κ3) is 4.42. The molecule has 5 nitrogen and oxygen atoms in total. The Hall–Kier alpha value is -3.29. The number of nitrogens with zero attached hydrogens (tertiary/aromatic N) is 3. The lowest BCUT2D eigenvalue weighted by molar-refractivity contribution is -0.140. The lowest BCUT2D eigenvalue weighted by atomic mass is 10.1. The summed E-state index contributed by atoms with van der Waals surface area (Å²) >= 11 is 0. The van der Waals surface area contributed by atoms with Crippen LogP contribution in [0.2, 0.25) is 0 Å². The van der Waals surface area contributed by atoms with Gasteiger partial charge in [-0.2, -0.15) is 13.2 Å². The number of alkyl halides is 3. The largest absolute Gasteiger partial charge is 0.462 e. The fourth-order valence-electron chi connectivity index (χ4n) is 3.80. The van der Waals surface area contributed by atoms with E-state index >= 15 is 0 Å². The molecule has 1 aliphatic heterocycles. The number of anilines is 2. The van der Waals surface area contributed by atoms with E-state index in [0.717, 1.165) is 11.8 Å². The Balaban J connectivity index is 1.70. The molecule has 0 N–H and O–H groups in total. The van der Waals surface area contributed by atoms with E-state index < -0.39 is 17.8 Å². The quantitative estimate of drug-likeness (QED) is 0.560. The number of rotatable bonds is 4. The molecule has 0 unspecified atom stereocenters. The van der Waals surface area contributed by atoms with Crippen LogP contribution < -0.4 is 9.80 Å². The Morgan fingerprint density at radius 1 is 1.00 bits per heavy atom. The molecule has 0 radical (unpaired) electrons. The second kappa shape index (κ2) is 8.45. The van der Waals surface area contributed by atoms with Crippen molar-refractivity contribution in [2.24, 2.45) is 0 Å². The number of carbonyl (C=O) groups is 1. The predicted octanol–water partition coefficient (Wildman–Crippen LogP) is 4.76. The molecule has 1 saturated heterocycles. The summed E-state index contributed by atoms with van der Waals surface area (Å²) in [6, 6.07) is 15.5. The maximum atomic E-state index is 13.5. The van der Waals surface area contributed by atoms with E-state index in [0.29, 0.717) is 42.8 Å². The highest BCUT2D eigenvalue weighted by Crippen LogP contribution is 2.35. The smallest absolute Gasteiger partial charge is 0.433 e. The van der Waals surface area contributed by atoms with Crippen LogP contribution >= 0.6 is 0 Å². The van der Waals surface area contributed by atoms with Crippen LogP contribution in [0.1, 0.15) is 23.0 Å². The van der Waals surface area contributed by atoms with Crippen molar-refractivity contribution in [3.63, 3.8) is 0 Å². The number of pyridine rings is 1. The monoisotopic (exact) mass is 429 g/mol. The van der Waals surface area contributed by atoms with Crippen LogP contribution in [-0.4, -0.2) is 43.7 Å². The normalized spacial score (nSPS) is 14.7. The predicted molar refractivity (Wildman–Crippen MR) is 114 cm³/mol. The lowest BCUT2D eigenvalue weighted by Crippen LogP contribution is -2.46. The van der Waals surface area contributed by atoms with E-state index in [4.69, 9.17) is 4.74 Å². The Morgan fingerprint density at radius 3 is 2.32 bits per heavy atom. The molecule has 0 saturated carbocycles. The van der Waals surface area contributed by atoms with Crippen LogP contribution in [0.3, 0.4) is 0 Å². The minimum absolute atomic E-state index is 0.198. The molecule has 4 rings (SSSR count). The molecule has 0 atom stereocenters. The first-order valence-electron chi connectivity index (χ1n) is 10.1. The van der Waals surface area contributed by atoms with Gasteiger partial charge in [0.2, 0.25) is 0 Å². The van der Waals surface area contributed by atoms with E-state index in [1.165, 1.54) is 12.1 Å². The van der Waals surface area contributed by atoms with Gasteiger partial charge in [-0.15, -0.1) is 0 Å². The zero-order valence-corrected chi connectivity index (χ0v) is 17.0. The second-order valence-electron chi connectivity index (χ2n) is 7.29. The zero-order chi connectivity index (χ0) is 22.0. The van der Waals surface area contributed by atoms with Crippen molar-refractivity contribution in [2.75, 3.05) is 42.6 Å². The van der Waals surface area contributed by atoms with Gasteiger partial charge in [0.15, 0.2) is 0 Å². The Morgan fingerprint density at radius 2 is 1.68 bits per heavy atom. The van der Waals surface area contributed by atoms with Crippen LogP contribution in [-0.2, 0) is 10.9 Å². The van der Waals surface area contributed by atoms with Crippen molar-refractivity contribution in [1.29, 1.82) is 0 Å². The van der Waals surface area contributed by atoms with Gasteiger partial charge in [0.25, 0.3) is 0 Å². The number of carbonyl (C=O) groups excluding carboxylic acids is 1. The third-order valence-corrected chi connectivity index (χ3v) is 5.33. The molecule has 0 bridgehead atoms. The summed E-state index contributed by atoms with van der Waals surface area (Å²) in [6.45, 7) is 4.37. The van der Waals surface area contributed by atoms with Crippen LogP contribution in [0.5, 0.6) is 0 Å². The fraction of sp³-hybridized carbons (Fsp3) is 0.304. The molecule has 1 aliphatic rings. The Kier molecular flexibility index (Phi) is 5.71. The first kappa shape index (κ1) is 21.0. The van der Waals surface area contributed by atoms with E-state index in [2.05, 4.69) is 9.88 Å². The molecule has 2 aromatic carbocycles. The standard InChI is InChI=1S/C23H22F3N3O2/c1-2-31-22(30)16-8-9-19-18(14-16)20(15-21(27-19)23(24,25)26)29-12-10-28(11-13-29)17-6-4-3-5-7-17/h3-9,14-15H,2,10-13H2,1H3. The average molecular weight is 429 g/mol. The summed E-state index contributed by atoms with van der Waals surface area (Å²) in [5, 5.41) is 0.506. The van der Waals surface area contributed by atoms with E-state index in [1.54, 1.807) is 13.0 Å². The molecule has 1 aromatic heterocycles. The Bertz CT molecular complexity index is 1080. The highest BCUT2D eigenvalue weighted by Gasteiger charge is 2.34. The maximum Gasteiger partial charge on any atom is 0.433 e. The summed E-state index contributed by atoms with van der Waals surface area (Å²) in [4.78, 5) is 20.1. The van der Waals surface area contributed by atoms with E-state index in [9.17, 15) is 18.0 Å². The van der Waals surface area contributed by atoms with Crippen molar-refractivity contribution in [1.82, 2.24) is 4.98 Å². The maximum absolute atomic E-state index is 13.5. The number of piperazine rings is 1. The van der Waals surface area contributed by atoms with Crippen molar-refractivity contribution < 1.29 is 22.7 Å². The van der Waals surface area contributed by atoms with Gasteiger partial charge in [-0.1, -0.05) is 18.2 Å². The van der Waals surface area contributed by atoms with E-state index in [-0.39, 0.29) is 12.1 Å². The van der Waals surface area contributed by atoms with Gasteiger partial charge in [-0.25, -0.2) is 9.78 Å². The molecule has 8 heteroatoms. The third-order valence-electron chi connectivity index (χ3n) is 5.33. The minimum atomic E-state index is -4.56. The van der Waals surface area contributed by atoms with Gasteiger partial charge in [0.05, 0.1) is 17.7 Å². The lowest BCUT2D eigenvalue weighted by Gasteiger charge is -2.38. The molecule has 0 amide bonds. The van der Waals surface area contributed by atoms with Crippen LogP contribution in [0.25, 0.3) is 10.9 Å². The van der Waals surface area contributed by atoms with Gasteiger partial charge >= 0.3 is 12.1 Å². The molecule has 162 valence electrons. The summed E-state index contributed by atoms with van der Waals surface area (Å²) < 4.78 is 45.5. The highest BCUT2D eigenvalue weighted by molar-refractivity contribution is 5.99. The van der Waals surface area contributed by atoms with Gasteiger partial charge in [-0.3, -0.25) is 0 Å². The number of aromatic nitrogens is 1. The fourth-order valence-corrected chi connectivity index (χ4v) is 3.80. The van der Waals surface area contributed by atoms with Crippen molar-refractivity contribution in [3.8, 4) is 0 Å². The first-order valence-corrected chi connectivity index (χ1v) is 10.1. The number of benzene rings is 2. The van der Waals surface area contributed by atoms with Crippen LogP contribution in [0.15, 0.2) is 54.6 Å².